The summed E-state index contributed by atoms with van der Waals surface area (Å²) in [6.45, 7) is 5.73. The van der Waals surface area contributed by atoms with Gasteiger partial charge in [-0.25, -0.2) is 0 Å². The Bertz CT molecular complexity index is 499. The van der Waals surface area contributed by atoms with E-state index in [9.17, 15) is 0 Å². The molecule has 0 spiro atoms. The molecular formula is C21H35ClN2. The van der Waals surface area contributed by atoms with Gasteiger partial charge in [-0.2, -0.15) is 0 Å². The number of benzene rings is 1. The second kappa shape index (κ2) is 8.69. The first kappa shape index (κ1) is 19.8. The summed E-state index contributed by atoms with van der Waals surface area (Å²) in [6, 6.07) is 9.30. The van der Waals surface area contributed by atoms with Crippen LogP contribution in [0.3, 0.4) is 0 Å². The van der Waals surface area contributed by atoms with Crippen LogP contribution in [0.2, 0.25) is 5.02 Å². The predicted octanol–water partition coefficient (Wildman–Crippen LogP) is 5.41. The summed E-state index contributed by atoms with van der Waals surface area (Å²) in [5, 5.41) is 0.828. The van der Waals surface area contributed by atoms with Crippen LogP contribution in [0.1, 0.15) is 57.9 Å². The number of nitrogens with zero attached hydrogens (tertiary/aromatic N) is 2. The van der Waals surface area contributed by atoms with Crippen molar-refractivity contribution in [1.29, 1.82) is 0 Å². The van der Waals surface area contributed by atoms with Gasteiger partial charge in [-0.3, -0.25) is 4.90 Å². The summed E-state index contributed by atoms with van der Waals surface area (Å²) in [7, 11) is 6.79. The minimum absolute atomic E-state index is 0.147. The Morgan fingerprint density at radius 2 is 1.79 bits per heavy atom. The van der Waals surface area contributed by atoms with Crippen molar-refractivity contribution >= 4 is 11.6 Å². The van der Waals surface area contributed by atoms with E-state index in [1.807, 2.05) is 12.1 Å². The molecule has 1 aromatic carbocycles. The fourth-order valence-corrected chi connectivity index (χ4v) is 4.68. The molecule has 0 N–H and O–H groups in total. The first-order valence-corrected chi connectivity index (χ1v) is 9.96. The summed E-state index contributed by atoms with van der Waals surface area (Å²) in [5.41, 5.74) is 1.57. The van der Waals surface area contributed by atoms with Crippen LogP contribution in [-0.4, -0.2) is 43.5 Å². The molecule has 0 saturated heterocycles. The van der Waals surface area contributed by atoms with Crippen LogP contribution >= 0.6 is 11.6 Å². The zero-order valence-corrected chi connectivity index (χ0v) is 16.9. The van der Waals surface area contributed by atoms with Crippen molar-refractivity contribution in [3.8, 4) is 0 Å². The summed E-state index contributed by atoms with van der Waals surface area (Å²) < 4.78 is 0. The Balaban J connectivity index is 2.31. The zero-order valence-electron chi connectivity index (χ0n) is 16.2. The maximum Gasteiger partial charge on any atom is 0.0458 e. The zero-order chi connectivity index (χ0) is 17.7. The third-order valence-corrected chi connectivity index (χ3v) is 6.48. The Hall–Kier alpha value is -0.570. The summed E-state index contributed by atoms with van der Waals surface area (Å²) in [6.07, 6.45) is 7.71. The quantitative estimate of drug-likeness (QED) is 0.648. The molecule has 0 heterocycles. The average molecular weight is 351 g/mol. The third-order valence-electron chi connectivity index (χ3n) is 6.23. The van der Waals surface area contributed by atoms with Gasteiger partial charge < -0.3 is 4.90 Å². The van der Waals surface area contributed by atoms with E-state index < -0.39 is 0 Å². The van der Waals surface area contributed by atoms with E-state index in [2.05, 4.69) is 56.9 Å². The summed E-state index contributed by atoms with van der Waals surface area (Å²) in [4.78, 5) is 5.03. The highest BCUT2D eigenvalue weighted by atomic mass is 35.5. The minimum Gasteiger partial charge on any atom is -0.303 e. The smallest absolute Gasteiger partial charge is 0.0458 e. The van der Waals surface area contributed by atoms with E-state index in [0.29, 0.717) is 0 Å². The van der Waals surface area contributed by atoms with Gasteiger partial charge in [0.05, 0.1) is 0 Å². The number of halogens is 1. The molecule has 1 aliphatic carbocycles. The Morgan fingerprint density at radius 3 is 2.33 bits per heavy atom. The highest BCUT2D eigenvalue weighted by Gasteiger charge is 2.44. The number of hydrogen-bond donors (Lipinski definition) is 0. The monoisotopic (exact) mass is 350 g/mol. The van der Waals surface area contributed by atoms with Gasteiger partial charge in [0.15, 0.2) is 0 Å². The molecule has 1 aliphatic rings. The van der Waals surface area contributed by atoms with E-state index >= 15 is 0 Å². The lowest BCUT2D eigenvalue weighted by atomic mass is 9.67. The number of unbranched alkanes of at least 4 members (excludes halogenated alkanes) is 1. The number of rotatable bonds is 7. The molecule has 24 heavy (non-hydrogen) atoms. The lowest BCUT2D eigenvalue weighted by molar-refractivity contribution is 0.0137. The van der Waals surface area contributed by atoms with Gasteiger partial charge in [-0.1, -0.05) is 50.4 Å². The Labute approximate surface area is 154 Å². The fraction of sp³-hybridized carbons (Fsp3) is 0.714. The van der Waals surface area contributed by atoms with Crippen molar-refractivity contribution < 1.29 is 0 Å². The molecule has 1 saturated carbocycles. The minimum atomic E-state index is 0.147. The first-order valence-electron chi connectivity index (χ1n) is 9.58. The van der Waals surface area contributed by atoms with E-state index in [1.54, 1.807) is 0 Å². The van der Waals surface area contributed by atoms with E-state index in [4.69, 9.17) is 11.6 Å². The van der Waals surface area contributed by atoms with Crippen LogP contribution in [-0.2, 0) is 5.54 Å². The molecule has 2 rings (SSSR count). The van der Waals surface area contributed by atoms with Crippen LogP contribution in [0.25, 0.3) is 0 Å². The molecule has 3 heteroatoms. The van der Waals surface area contributed by atoms with Crippen molar-refractivity contribution in [3.05, 3.63) is 34.9 Å². The highest BCUT2D eigenvalue weighted by Crippen LogP contribution is 2.46. The molecule has 1 fully saturated rings. The molecule has 0 amide bonds. The molecule has 1 aromatic rings. The van der Waals surface area contributed by atoms with Gasteiger partial charge in [0.1, 0.15) is 0 Å². The molecule has 0 radical (unpaired) electrons. The summed E-state index contributed by atoms with van der Waals surface area (Å²) >= 11 is 6.14. The van der Waals surface area contributed by atoms with Gasteiger partial charge in [0, 0.05) is 16.6 Å². The highest BCUT2D eigenvalue weighted by molar-refractivity contribution is 6.30. The van der Waals surface area contributed by atoms with Gasteiger partial charge in [0.25, 0.3) is 0 Å². The van der Waals surface area contributed by atoms with Crippen molar-refractivity contribution in [1.82, 2.24) is 9.80 Å². The SMILES string of the molecule is CCCCC1CC(c2ccc(Cl)cc2)(N(C)C)CCC1N(C)CC. The Kier molecular flexibility index (Phi) is 7.15. The second-order valence-electron chi connectivity index (χ2n) is 7.72. The number of hydrogen-bond acceptors (Lipinski definition) is 2. The average Bonchev–Trinajstić information content (AvgIpc) is 2.59. The molecule has 0 bridgehead atoms. The standard InChI is InChI=1S/C21H35ClN2/c1-6-8-9-17-16-21(23(3)4,15-14-20(17)24(5)7-2)18-10-12-19(22)13-11-18/h10-13,17,20H,6-9,14-16H2,1-5H3. The molecule has 0 aliphatic heterocycles. The van der Waals surface area contributed by atoms with Crippen molar-refractivity contribution in [3.63, 3.8) is 0 Å². The molecular weight excluding hydrogens is 316 g/mol. The molecule has 0 aromatic heterocycles. The molecule has 136 valence electrons. The van der Waals surface area contributed by atoms with Crippen LogP contribution in [0.5, 0.6) is 0 Å². The van der Waals surface area contributed by atoms with Crippen LogP contribution in [0.4, 0.5) is 0 Å². The topological polar surface area (TPSA) is 6.48 Å². The van der Waals surface area contributed by atoms with Crippen LogP contribution in [0, 0.1) is 5.92 Å². The lowest BCUT2D eigenvalue weighted by Gasteiger charge is -2.51. The molecule has 3 atom stereocenters. The third kappa shape index (κ3) is 4.15. The van der Waals surface area contributed by atoms with Gasteiger partial charge in [-0.05, 0) is 77.0 Å². The normalized spacial score (nSPS) is 27.8. The lowest BCUT2D eigenvalue weighted by Crippen LogP contribution is -2.52. The second-order valence-corrected chi connectivity index (χ2v) is 8.16. The summed E-state index contributed by atoms with van der Waals surface area (Å²) in [5.74, 6) is 0.765. The molecule has 2 nitrogen and oxygen atoms in total. The first-order chi connectivity index (χ1) is 11.4. The predicted molar refractivity (Wildman–Crippen MR) is 106 cm³/mol. The van der Waals surface area contributed by atoms with Crippen LogP contribution < -0.4 is 0 Å². The van der Waals surface area contributed by atoms with Gasteiger partial charge >= 0.3 is 0 Å². The van der Waals surface area contributed by atoms with Crippen LogP contribution in [0.15, 0.2) is 24.3 Å². The largest absolute Gasteiger partial charge is 0.303 e. The fourth-order valence-electron chi connectivity index (χ4n) is 4.56. The van der Waals surface area contributed by atoms with E-state index in [-0.39, 0.29) is 5.54 Å². The van der Waals surface area contributed by atoms with E-state index in [1.165, 1.54) is 44.1 Å². The van der Waals surface area contributed by atoms with Crippen molar-refractivity contribution in [2.75, 3.05) is 27.7 Å². The van der Waals surface area contributed by atoms with Gasteiger partial charge in [0.2, 0.25) is 0 Å². The van der Waals surface area contributed by atoms with Crippen molar-refractivity contribution in [2.24, 2.45) is 5.92 Å². The maximum absolute atomic E-state index is 6.14. The maximum atomic E-state index is 6.14. The Morgan fingerprint density at radius 1 is 1.12 bits per heavy atom. The van der Waals surface area contributed by atoms with E-state index in [0.717, 1.165) is 23.5 Å². The molecule has 3 unspecified atom stereocenters. The van der Waals surface area contributed by atoms with Gasteiger partial charge in [-0.15, -0.1) is 0 Å². The van der Waals surface area contributed by atoms with Crippen molar-refractivity contribution in [2.45, 2.75) is 64.0 Å².